The van der Waals surface area contributed by atoms with Crippen LogP contribution in [0.1, 0.15) is 45.4 Å². The molecular weight excluding hydrogens is 415 g/mol. The van der Waals surface area contributed by atoms with Gasteiger partial charge in [0.05, 0.1) is 12.3 Å². The van der Waals surface area contributed by atoms with Crippen molar-refractivity contribution < 1.29 is 8.42 Å². The Hall–Kier alpha value is -0.0900. The molecule has 130 valence electrons. The summed E-state index contributed by atoms with van der Waals surface area (Å²) in [5.41, 5.74) is 0.467. The predicted octanol–water partition coefficient (Wildman–Crippen LogP) is 1.51. The van der Waals surface area contributed by atoms with Crippen LogP contribution in [0.3, 0.4) is 0 Å². The number of rotatable bonds is 4. The fraction of sp³-hybridized carbons (Fsp3) is 0.929. The second-order valence-corrected chi connectivity index (χ2v) is 8.07. The summed E-state index contributed by atoms with van der Waals surface area (Å²) in [4.78, 5) is 6.72. The van der Waals surface area contributed by atoms with Gasteiger partial charge in [0.1, 0.15) is 0 Å². The molecule has 1 aliphatic carbocycles. The van der Waals surface area contributed by atoms with Crippen LogP contribution in [0.4, 0.5) is 0 Å². The Labute approximate surface area is 151 Å². The van der Waals surface area contributed by atoms with Crippen LogP contribution in [0.5, 0.6) is 0 Å². The monoisotopic (exact) mass is 444 g/mol. The molecule has 0 aromatic heterocycles. The van der Waals surface area contributed by atoms with Crippen molar-refractivity contribution in [2.24, 2.45) is 15.5 Å². The van der Waals surface area contributed by atoms with Gasteiger partial charge in [0, 0.05) is 19.6 Å². The van der Waals surface area contributed by atoms with Gasteiger partial charge in [-0.3, -0.25) is 4.99 Å². The van der Waals surface area contributed by atoms with Crippen molar-refractivity contribution in [3.05, 3.63) is 0 Å². The number of nitrogens with one attached hydrogen (secondary N) is 1. The molecule has 1 saturated carbocycles. The van der Waals surface area contributed by atoms with E-state index in [1.807, 2.05) is 6.92 Å². The Kier molecular flexibility index (Phi) is 7.87. The van der Waals surface area contributed by atoms with E-state index in [0.29, 0.717) is 5.41 Å². The van der Waals surface area contributed by atoms with E-state index < -0.39 is 10.0 Å². The molecule has 2 fully saturated rings. The maximum atomic E-state index is 11.0. The number of sulfonamides is 1. The van der Waals surface area contributed by atoms with Crippen LogP contribution in [0.2, 0.25) is 0 Å². The molecule has 6 nitrogen and oxygen atoms in total. The zero-order valence-corrected chi connectivity index (χ0v) is 16.5. The van der Waals surface area contributed by atoms with Crippen molar-refractivity contribution in [3.8, 4) is 0 Å². The highest BCUT2D eigenvalue weighted by Gasteiger charge is 2.39. The third-order valence-electron chi connectivity index (χ3n) is 4.62. The van der Waals surface area contributed by atoms with Gasteiger partial charge in [0.25, 0.3) is 0 Å². The van der Waals surface area contributed by atoms with E-state index in [1.165, 1.54) is 38.5 Å². The average molecular weight is 444 g/mol. The van der Waals surface area contributed by atoms with E-state index in [2.05, 4.69) is 15.2 Å². The minimum absolute atomic E-state index is 0. The van der Waals surface area contributed by atoms with Crippen LogP contribution < -0.4 is 10.5 Å². The first-order valence-electron chi connectivity index (χ1n) is 7.98. The quantitative estimate of drug-likeness (QED) is 0.391. The molecule has 0 amide bonds. The van der Waals surface area contributed by atoms with Gasteiger partial charge in [0.15, 0.2) is 5.96 Å². The van der Waals surface area contributed by atoms with Gasteiger partial charge in [-0.15, -0.1) is 24.0 Å². The summed E-state index contributed by atoms with van der Waals surface area (Å²) in [5.74, 6) is 0.740. The van der Waals surface area contributed by atoms with E-state index in [4.69, 9.17) is 5.14 Å². The molecule has 0 radical (unpaired) electrons. The molecule has 22 heavy (non-hydrogen) atoms. The Morgan fingerprint density at radius 2 is 1.95 bits per heavy atom. The fourth-order valence-corrected chi connectivity index (χ4v) is 3.88. The number of hydrogen-bond acceptors (Lipinski definition) is 3. The SMILES string of the molecule is CCNC(=NCCS(N)(=O)=O)N1CCC2(CCCCC2)C1.I. The number of aliphatic imine (C=N–C) groups is 1. The lowest BCUT2D eigenvalue weighted by molar-refractivity contribution is 0.203. The van der Waals surface area contributed by atoms with Crippen LogP contribution in [0.25, 0.3) is 0 Å². The summed E-state index contributed by atoms with van der Waals surface area (Å²) in [5, 5.41) is 8.30. The van der Waals surface area contributed by atoms with Gasteiger partial charge in [-0.2, -0.15) is 0 Å². The third kappa shape index (κ3) is 5.84. The summed E-state index contributed by atoms with van der Waals surface area (Å²) >= 11 is 0. The lowest BCUT2D eigenvalue weighted by Crippen LogP contribution is -2.42. The van der Waals surface area contributed by atoms with Gasteiger partial charge in [-0.25, -0.2) is 13.6 Å². The van der Waals surface area contributed by atoms with E-state index in [9.17, 15) is 8.42 Å². The lowest BCUT2D eigenvalue weighted by atomic mass is 9.73. The van der Waals surface area contributed by atoms with Crippen molar-refractivity contribution in [2.75, 3.05) is 31.9 Å². The van der Waals surface area contributed by atoms with Crippen molar-refractivity contribution >= 4 is 40.0 Å². The minimum atomic E-state index is -3.44. The summed E-state index contributed by atoms with van der Waals surface area (Å²) in [6.45, 7) is 5.11. The largest absolute Gasteiger partial charge is 0.357 e. The van der Waals surface area contributed by atoms with E-state index in [1.54, 1.807) is 0 Å². The molecule has 2 aliphatic rings. The normalized spacial score (nSPS) is 21.7. The van der Waals surface area contributed by atoms with Crippen molar-refractivity contribution in [2.45, 2.75) is 45.4 Å². The molecule has 3 N–H and O–H groups in total. The van der Waals surface area contributed by atoms with Crippen molar-refractivity contribution in [3.63, 3.8) is 0 Å². The first kappa shape index (κ1) is 20.0. The van der Waals surface area contributed by atoms with Gasteiger partial charge < -0.3 is 10.2 Å². The summed E-state index contributed by atoms with van der Waals surface area (Å²) in [6, 6.07) is 0. The summed E-state index contributed by atoms with van der Waals surface area (Å²) < 4.78 is 22.0. The smallest absolute Gasteiger partial charge is 0.210 e. The third-order valence-corrected chi connectivity index (χ3v) is 5.38. The molecule has 0 aromatic rings. The molecule has 1 aliphatic heterocycles. The average Bonchev–Trinajstić information content (AvgIpc) is 2.81. The Balaban J connectivity index is 0.00000242. The molecule has 1 spiro atoms. The Morgan fingerprint density at radius 1 is 1.27 bits per heavy atom. The summed E-state index contributed by atoms with van der Waals surface area (Å²) in [6.07, 6.45) is 7.91. The van der Waals surface area contributed by atoms with Gasteiger partial charge in [-0.05, 0) is 31.6 Å². The summed E-state index contributed by atoms with van der Waals surface area (Å²) in [7, 11) is -3.44. The Bertz CT molecular complexity index is 475. The molecular formula is C14H29IN4O2S. The van der Waals surface area contributed by atoms with Gasteiger partial charge in [0.2, 0.25) is 10.0 Å². The predicted molar refractivity (Wildman–Crippen MR) is 101 cm³/mol. The second kappa shape index (κ2) is 8.68. The molecule has 0 aromatic carbocycles. The van der Waals surface area contributed by atoms with Crippen LogP contribution in [-0.2, 0) is 10.0 Å². The van der Waals surface area contributed by atoms with Crippen molar-refractivity contribution in [1.82, 2.24) is 10.2 Å². The molecule has 0 atom stereocenters. The highest BCUT2D eigenvalue weighted by molar-refractivity contribution is 14.0. The van der Waals surface area contributed by atoms with Gasteiger partial charge in [-0.1, -0.05) is 19.3 Å². The molecule has 1 heterocycles. The highest BCUT2D eigenvalue weighted by Crippen LogP contribution is 2.43. The zero-order valence-electron chi connectivity index (χ0n) is 13.4. The highest BCUT2D eigenvalue weighted by atomic mass is 127. The van der Waals surface area contributed by atoms with E-state index >= 15 is 0 Å². The molecule has 2 rings (SSSR count). The molecule has 0 bridgehead atoms. The first-order valence-corrected chi connectivity index (χ1v) is 9.69. The number of hydrogen-bond donors (Lipinski definition) is 2. The number of halogens is 1. The molecule has 0 unspecified atom stereocenters. The minimum Gasteiger partial charge on any atom is -0.357 e. The van der Waals surface area contributed by atoms with Crippen LogP contribution >= 0.6 is 24.0 Å². The number of guanidine groups is 1. The number of primary sulfonamides is 1. The van der Waals surface area contributed by atoms with E-state index in [0.717, 1.165) is 25.6 Å². The standard InChI is InChI=1S/C14H28N4O2S.HI/c1-2-16-13(17-9-11-21(15,19)20)18-10-8-14(12-18)6-4-3-5-7-14;/h2-12H2,1H3,(H,16,17)(H2,15,19,20);1H. The lowest BCUT2D eigenvalue weighted by Gasteiger charge is -2.33. The second-order valence-electron chi connectivity index (χ2n) is 6.33. The van der Waals surface area contributed by atoms with Crippen LogP contribution in [-0.4, -0.2) is 51.2 Å². The Morgan fingerprint density at radius 3 is 2.55 bits per heavy atom. The zero-order chi connectivity index (χ0) is 15.3. The van der Waals surface area contributed by atoms with E-state index in [-0.39, 0.29) is 36.3 Å². The van der Waals surface area contributed by atoms with Crippen LogP contribution in [0.15, 0.2) is 4.99 Å². The maximum absolute atomic E-state index is 11.0. The first-order chi connectivity index (χ1) is 9.94. The fourth-order valence-electron chi connectivity index (χ4n) is 3.53. The molecule has 8 heteroatoms. The molecule has 1 saturated heterocycles. The number of likely N-dealkylation sites (tertiary alicyclic amines) is 1. The van der Waals surface area contributed by atoms with Gasteiger partial charge >= 0.3 is 0 Å². The van der Waals surface area contributed by atoms with Crippen LogP contribution in [0, 0.1) is 5.41 Å². The number of nitrogens with zero attached hydrogens (tertiary/aromatic N) is 2. The maximum Gasteiger partial charge on any atom is 0.210 e. The van der Waals surface area contributed by atoms with Crippen molar-refractivity contribution in [1.29, 1.82) is 0 Å². The topological polar surface area (TPSA) is 87.8 Å². The number of nitrogens with two attached hydrogens (primary N) is 1.